The molecule has 1 heterocycles. The molecule has 0 spiro atoms. The van der Waals surface area contributed by atoms with Gasteiger partial charge in [-0.3, -0.25) is 4.79 Å². The van der Waals surface area contributed by atoms with Crippen molar-refractivity contribution in [1.82, 2.24) is 20.2 Å². The van der Waals surface area contributed by atoms with E-state index in [0.717, 1.165) is 18.6 Å². The van der Waals surface area contributed by atoms with Gasteiger partial charge in [0.1, 0.15) is 6.54 Å². The number of nitrogens with zero attached hydrogens (tertiary/aromatic N) is 4. The van der Waals surface area contributed by atoms with E-state index in [-0.39, 0.29) is 6.54 Å². The third-order valence-corrected chi connectivity index (χ3v) is 4.81. The lowest BCUT2D eigenvalue weighted by Crippen LogP contribution is -2.14. The Labute approximate surface area is 126 Å². The van der Waals surface area contributed by atoms with Gasteiger partial charge in [0.25, 0.3) is 0 Å². The minimum Gasteiger partial charge on any atom is -0.480 e. The number of aryl methyl sites for hydroxylation is 1. The van der Waals surface area contributed by atoms with E-state index in [4.69, 9.17) is 5.11 Å². The van der Waals surface area contributed by atoms with Crippen molar-refractivity contribution in [2.24, 2.45) is 0 Å². The fraction of sp³-hybridized carbons (Fsp3) is 0.429. The monoisotopic (exact) mass is 304 g/mol. The average molecular weight is 304 g/mol. The molecule has 6 nitrogen and oxygen atoms in total. The second-order valence-electron chi connectivity index (χ2n) is 5.11. The van der Waals surface area contributed by atoms with Gasteiger partial charge in [-0.25, -0.2) is 4.68 Å². The quantitative estimate of drug-likeness (QED) is 0.851. The van der Waals surface area contributed by atoms with Crippen LogP contribution in [0.1, 0.15) is 29.9 Å². The van der Waals surface area contributed by atoms with Gasteiger partial charge in [0.05, 0.1) is 0 Å². The summed E-state index contributed by atoms with van der Waals surface area (Å²) in [5, 5.41) is 20.6. The summed E-state index contributed by atoms with van der Waals surface area (Å²) in [5.41, 5.74) is 2.84. The zero-order valence-electron chi connectivity index (χ0n) is 11.5. The number of hydrogen-bond acceptors (Lipinski definition) is 5. The van der Waals surface area contributed by atoms with Gasteiger partial charge in [0.15, 0.2) is 0 Å². The number of tetrazole rings is 1. The molecule has 1 unspecified atom stereocenters. The van der Waals surface area contributed by atoms with Crippen LogP contribution in [-0.2, 0) is 17.8 Å². The Kier molecular flexibility index (Phi) is 4.19. The number of hydrogen-bond donors (Lipinski definition) is 1. The van der Waals surface area contributed by atoms with Gasteiger partial charge in [0, 0.05) is 5.75 Å². The topological polar surface area (TPSA) is 80.9 Å². The summed E-state index contributed by atoms with van der Waals surface area (Å²) < 4.78 is 1.34. The second kappa shape index (κ2) is 6.26. The lowest BCUT2D eigenvalue weighted by molar-refractivity contribution is -0.138. The maximum Gasteiger partial charge on any atom is 0.325 e. The lowest BCUT2D eigenvalue weighted by atomic mass is 9.84. The first kappa shape index (κ1) is 14.1. The van der Waals surface area contributed by atoms with Crippen molar-refractivity contribution in [3.8, 4) is 0 Å². The largest absolute Gasteiger partial charge is 0.480 e. The highest BCUT2D eigenvalue weighted by Crippen LogP contribution is 2.35. The van der Waals surface area contributed by atoms with Gasteiger partial charge >= 0.3 is 5.97 Å². The fourth-order valence-electron chi connectivity index (χ4n) is 2.73. The normalized spacial score (nSPS) is 17.4. The smallest absolute Gasteiger partial charge is 0.325 e. The maximum atomic E-state index is 10.8. The number of fused-ring (bicyclic) bond motifs is 1. The van der Waals surface area contributed by atoms with Crippen LogP contribution in [0.4, 0.5) is 0 Å². The van der Waals surface area contributed by atoms with Crippen molar-refractivity contribution in [2.45, 2.75) is 36.9 Å². The van der Waals surface area contributed by atoms with E-state index in [1.165, 1.54) is 34.0 Å². The summed E-state index contributed by atoms with van der Waals surface area (Å²) >= 11 is 1.53. The Morgan fingerprint density at radius 2 is 2.29 bits per heavy atom. The Bertz CT molecular complexity index is 643. The molecule has 0 fully saturated rings. The molecule has 1 atom stereocenters. The Morgan fingerprint density at radius 1 is 1.43 bits per heavy atom. The number of carboxylic acids is 1. The molecule has 110 valence electrons. The van der Waals surface area contributed by atoms with Crippen molar-refractivity contribution in [2.75, 3.05) is 5.75 Å². The molecule has 2 aromatic rings. The van der Waals surface area contributed by atoms with Gasteiger partial charge in [-0.15, -0.1) is 5.10 Å². The van der Waals surface area contributed by atoms with Gasteiger partial charge < -0.3 is 5.11 Å². The van der Waals surface area contributed by atoms with Gasteiger partial charge in [0.2, 0.25) is 5.16 Å². The molecule has 3 rings (SSSR count). The Hall–Kier alpha value is -1.89. The maximum absolute atomic E-state index is 10.8. The molecule has 1 N–H and O–H groups in total. The molecule has 0 aliphatic heterocycles. The molecule has 0 saturated heterocycles. The van der Waals surface area contributed by atoms with Crippen molar-refractivity contribution in [3.63, 3.8) is 0 Å². The standard InChI is InChI=1S/C14H16N4O2S/c19-13(20)8-18-14(15-16-17-18)21-9-11-6-3-5-10-4-1-2-7-12(10)11/h1-2,4,7,11H,3,5-6,8-9H2,(H,19,20). The highest BCUT2D eigenvalue weighted by Gasteiger charge is 2.21. The van der Waals surface area contributed by atoms with E-state index in [1.807, 2.05) is 0 Å². The minimum absolute atomic E-state index is 0.198. The van der Waals surface area contributed by atoms with Crippen LogP contribution < -0.4 is 0 Å². The molecule has 0 bridgehead atoms. The molecule has 1 aromatic heterocycles. The Balaban J connectivity index is 1.69. The molecule has 0 saturated carbocycles. The molecular weight excluding hydrogens is 288 g/mol. The predicted molar refractivity (Wildman–Crippen MR) is 78.3 cm³/mol. The van der Waals surface area contributed by atoms with Crippen molar-refractivity contribution in [3.05, 3.63) is 35.4 Å². The lowest BCUT2D eigenvalue weighted by Gasteiger charge is -2.24. The summed E-state index contributed by atoms with van der Waals surface area (Å²) in [6.45, 7) is -0.198. The van der Waals surface area contributed by atoms with E-state index in [0.29, 0.717) is 11.1 Å². The number of aliphatic carboxylic acids is 1. The average Bonchev–Trinajstić information content (AvgIpc) is 2.91. The van der Waals surface area contributed by atoms with E-state index in [2.05, 4.69) is 39.8 Å². The molecule has 1 aliphatic rings. The van der Waals surface area contributed by atoms with Crippen LogP contribution in [0, 0.1) is 0 Å². The van der Waals surface area contributed by atoms with E-state index < -0.39 is 5.97 Å². The van der Waals surface area contributed by atoms with Gasteiger partial charge in [-0.05, 0) is 46.7 Å². The number of thioether (sulfide) groups is 1. The summed E-state index contributed by atoms with van der Waals surface area (Å²) in [6.07, 6.45) is 3.50. The number of benzene rings is 1. The first-order valence-corrected chi connectivity index (χ1v) is 7.91. The molecule has 1 aromatic carbocycles. The zero-order chi connectivity index (χ0) is 14.7. The summed E-state index contributed by atoms with van der Waals surface area (Å²) in [4.78, 5) is 10.8. The van der Waals surface area contributed by atoms with Crippen LogP contribution in [-0.4, -0.2) is 37.0 Å². The molecule has 0 amide bonds. The SMILES string of the molecule is O=C(O)Cn1nnnc1SCC1CCCc2ccccc21. The van der Waals surface area contributed by atoms with Gasteiger partial charge in [-0.1, -0.05) is 36.0 Å². The highest BCUT2D eigenvalue weighted by molar-refractivity contribution is 7.99. The van der Waals surface area contributed by atoms with Crippen molar-refractivity contribution >= 4 is 17.7 Å². The minimum atomic E-state index is -0.938. The third-order valence-electron chi connectivity index (χ3n) is 3.69. The number of carbonyl (C=O) groups is 1. The first-order chi connectivity index (χ1) is 10.2. The summed E-state index contributed by atoms with van der Waals surface area (Å²) in [5.74, 6) is 0.416. The van der Waals surface area contributed by atoms with Crippen LogP contribution in [0.15, 0.2) is 29.4 Å². The van der Waals surface area contributed by atoms with Crippen LogP contribution >= 0.6 is 11.8 Å². The number of aromatic nitrogens is 4. The molecule has 21 heavy (non-hydrogen) atoms. The summed E-state index contributed by atoms with van der Waals surface area (Å²) in [7, 11) is 0. The third kappa shape index (κ3) is 3.24. The first-order valence-electron chi connectivity index (χ1n) is 6.92. The van der Waals surface area contributed by atoms with E-state index >= 15 is 0 Å². The van der Waals surface area contributed by atoms with Crippen molar-refractivity contribution in [1.29, 1.82) is 0 Å². The molecular formula is C14H16N4O2S. The van der Waals surface area contributed by atoms with Crippen LogP contribution in [0.25, 0.3) is 0 Å². The second-order valence-corrected chi connectivity index (χ2v) is 6.10. The van der Waals surface area contributed by atoms with E-state index in [9.17, 15) is 4.79 Å². The Morgan fingerprint density at radius 3 is 3.14 bits per heavy atom. The van der Waals surface area contributed by atoms with Gasteiger partial charge in [-0.2, -0.15) is 0 Å². The zero-order valence-corrected chi connectivity index (χ0v) is 12.3. The van der Waals surface area contributed by atoms with E-state index in [1.54, 1.807) is 0 Å². The highest BCUT2D eigenvalue weighted by atomic mass is 32.2. The molecule has 1 aliphatic carbocycles. The van der Waals surface area contributed by atoms with Crippen LogP contribution in [0.5, 0.6) is 0 Å². The number of carboxylic acid groups (broad SMARTS) is 1. The van der Waals surface area contributed by atoms with Crippen LogP contribution in [0.2, 0.25) is 0 Å². The molecule has 0 radical (unpaired) electrons. The summed E-state index contributed by atoms with van der Waals surface area (Å²) in [6, 6.07) is 8.55. The predicted octanol–water partition coefficient (Wildman–Crippen LogP) is 1.97. The number of rotatable bonds is 5. The fourth-order valence-corrected chi connectivity index (χ4v) is 3.77. The molecule has 7 heteroatoms. The van der Waals surface area contributed by atoms with Crippen LogP contribution in [0.3, 0.4) is 0 Å². The van der Waals surface area contributed by atoms with Crippen molar-refractivity contribution < 1.29 is 9.90 Å².